The molecule has 0 saturated heterocycles. The van der Waals surface area contributed by atoms with E-state index in [-0.39, 0.29) is 24.6 Å². The van der Waals surface area contributed by atoms with Crippen molar-refractivity contribution in [3.63, 3.8) is 0 Å². The Morgan fingerprint density at radius 3 is 1.88 bits per heavy atom. The van der Waals surface area contributed by atoms with Gasteiger partial charge in [-0.25, -0.2) is 0 Å². The van der Waals surface area contributed by atoms with Crippen molar-refractivity contribution in [3.8, 4) is 0 Å². The van der Waals surface area contributed by atoms with E-state index in [0.717, 1.165) is 0 Å². The Hall–Kier alpha value is 0.507. The molecule has 0 fully saturated rings. The summed E-state index contributed by atoms with van der Waals surface area (Å²) >= 11 is 0. The Kier molecular flexibility index (Phi) is 6.22. The summed E-state index contributed by atoms with van der Waals surface area (Å²) in [5.41, 5.74) is 0. The fraction of sp³-hybridized carbons (Fsp3) is 1.00. The zero-order valence-electron chi connectivity index (χ0n) is 4.09. The Bertz CT molecular complexity index is 127. The molecule has 0 unspecified atom stereocenters. The van der Waals surface area contributed by atoms with Crippen molar-refractivity contribution >= 4 is 29.0 Å². The van der Waals surface area contributed by atoms with E-state index in [4.69, 9.17) is 4.55 Å². The molecule has 0 aliphatic carbocycles. The predicted molar refractivity (Wildman–Crippen MR) is 33.9 cm³/mol. The molecule has 5 heteroatoms. The molecule has 0 saturated carbocycles. The first-order valence-corrected chi connectivity index (χ1v) is 3.62. The average molecular weight is 132 g/mol. The second kappa shape index (κ2) is 4.39. The summed E-state index contributed by atoms with van der Waals surface area (Å²) in [6.07, 6.45) is 0.471. The van der Waals surface area contributed by atoms with Crippen LogP contribution < -0.4 is 0 Å². The van der Waals surface area contributed by atoms with Gasteiger partial charge in [-0.1, -0.05) is 6.92 Å². The van der Waals surface area contributed by atoms with Crippen molar-refractivity contribution in [1.82, 2.24) is 0 Å². The van der Waals surface area contributed by atoms with Gasteiger partial charge in [0, 0.05) is 0 Å². The summed E-state index contributed by atoms with van der Waals surface area (Å²) in [5, 5.41) is 0. The van der Waals surface area contributed by atoms with E-state index in [1.54, 1.807) is 6.92 Å². The summed E-state index contributed by atoms with van der Waals surface area (Å²) in [4.78, 5) is 0. The number of rotatable bonds is 2. The molecule has 0 aromatic heterocycles. The van der Waals surface area contributed by atoms with Crippen LogP contribution in [0.25, 0.3) is 0 Å². The summed E-state index contributed by atoms with van der Waals surface area (Å²) in [7, 11) is -3.67. The van der Waals surface area contributed by atoms with Gasteiger partial charge in [0.1, 0.15) is 0 Å². The normalized spacial score (nSPS) is 10.2. The van der Waals surface area contributed by atoms with Crippen LogP contribution in [0.1, 0.15) is 13.3 Å². The van der Waals surface area contributed by atoms with Gasteiger partial charge in [0.05, 0.1) is 5.75 Å². The van der Waals surface area contributed by atoms with Crippen molar-refractivity contribution in [2.24, 2.45) is 0 Å². The molecule has 3 nitrogen and oxygen atoms in total. The molecular weight excluding hydrogens is 123 g/mol. The predicted octanol–water partition coefficient (Wildman–Crippen LogP) is -0.364. The van der Waals surface area contributed by atoms with Crippen LogP contribution >= 0.6 is 0 Å². The molecule has 0 spiro atoms. The Balaban J connectivity index is 0. The third kappa shape index (κ3) is 9.72. The van der Waals surface area contributed by atoms with Crippen LogP contribution in [0.2, 0.25) is 0 Å². The van der Waals surface area contributed by atoms with E-state index in [9.17, 15) is 8.42 Å². The maximum absolute atomic E-state index is 9.79. The van der Waals surface area contributed by atoms with Gasteiger partial charge in [0.2, 0.25) is 0 Å². The van der Waals surface area contributed by atoms with Crippen molar-refractivity contribution in [2.75, 3.05) is 5.75 Å². The molecule has 8 heavy (non-hydrogen) atoms. The molecular formula is C3H9LiO3S. The maximum atomic E-state index is 9.79. The Morgan fingerprint density at radius 2 is 1.88 bits per heavy atom. The van der Waals surface area contributed by atoms with E-state index >= 15 is 0 Å². The first kappa shape index (κ1) is 11.3. The van der Waals surface area contributed by atoms with Gasteiger partial charge >= 0.3 is 18.9 Å². The van der Waals surface area contributed by atoms with E-state index in [0.29, 0.717) is 6.42 Å². The fourth-order valence-corrected chi connectivity index (χ4v) is 0.774. The van der Waals surface area contributed by atoms with Crippen molar-refractivity contribution in [1.29, 1.82) is 0 Å². The standard InChI is InChI=1S/C3H8O3S.Li.H/c1-2-3-7(4,5)6;;/h2-3H2,1H3,(H,4,5,6);;. The minimum absolute atomic E-state index is 0. The van der Waals surface area contributed by atoms with Crippen LogP contribution in [0.5, 0.6) is 0 Å². The molecule has 0 aromatic carbocycles. The molecule has 1 N–H and O–H groups in total. The van der Waals surface area contributed by atoms with Gasteiger partial charge < -0.3 is 0 Å². The monoisotopic (exact) mass is 132 g/mol. The van der Waals surface area contributed by atoms with Gasteiger partial charge in [-0.05, 0) is 6.42 Å². The zero-order chi connectivity index (χ0) is 5.91. The topological polar surface area (TPSA) is 54.4 Å². The van der Waals surface area contributed by atoms with Crippen LogP contribution in [-0.4, -0.2) is 37.6 Å². The first-order valence-electron chi connectivity index (χ1n) is 2.01. The van der Waals surface area contributed by atoms with Crippen LogP contribution in [0.3, 0.4) is 0 Å². The molecule has 0 atom stereocenters. The fourth-order valence-electron chi connectivity index (χ4n) is 0.258. The molecule has 0 bridgehead atoms. The SMILES string of the molecule is CCCS(=O)(=O)O.[LiH]. The first-order chi connectivity index (χ1) is 3.06. The number of hydrogen-bond donors (Lipinski definition) is 1. The zero-order valence-corrected chi connectivity index (χ0v) is 4.90. The third-order valence-corrected chi connectivity index (χ3v) is 1.39. The van der Waals surface area contributed by atoms with E-state index in [1.165, 1.54) is 0 Å². The molecule has 0 amide bonds. The molecule has 0 radical (unpaired) electrons. The summed E-state index contributed by atoms with van der Waals surface area (Å²) in [5.74, 6) is -0.132. The van der Waals surface area contributed by atoms with Gasteiger partial charge in [-0.15, -0.1) is 0 Å². The van der Waals surface area contributed by atoms with Crippen LogP contribution in [0.15, 0.2) is 0 Å². The van der Waals surface area contributed by atoms with E-state index < -0.39 is 10.1 Å². The van der Waals surface area contributed by atoms with Crippen LogP contribution in [0, 0.1) is 0 Å². The molecule has 0 aromatic rings. The molecule has 0 aliphatic rings. The van der Waals surface area contributed by atoms with Crippen LogP contribution in [-0.2, 0) is 10.1 Å². The second-order valence-electron chi connectivity index (χ2n) is 1.29. The quantitative estimate of drug-likeness (QED) is 0.412. The van der Waals surface area contributed by atoms with Gasteiger partial charge in [-0.2, -0.15) is 8.42 Å². The Labute approximate surface area is 61.4 Å². The van der Waals surface area contributed by atoms with Gasteiger partial charge in [-0.3, -0.25) is 4.55 Å². The molecule has 46 valence electrons. The van der Waals surface area contributed by atoms with E-state index in [2.05, 4.69) is 0 Å². The van der Waals surface area contributed by atoms with Crippen molar-refractivity contribution in [2.45, 2.75) is 13.3 Å². The van der Waals surface area contributed by atoms with Gasteiger partial charge in [0.25, 0.3) is 10.1 Å². The minimum atomic E-state index is -3.67. The van der Waals surface area contributed by atoms with Gasteiger partial charge in [0.15, 0.2) is 0 Å². The summed E-state index contributed by atoms with van der Waals surface area (Å²) in [6, 6.07) is 0. The molecule has 0 rings (SSSR count). The molecule has 0 heterocycles. The Morgan fingerprint density at radius 1 is 1.50 bits per heavy atom. The van der Waals surface area contributed by atoms with Crippen LogP contribution in [0.4, 0.5) is 0 Å². The third-order valence-electron chi connectivity index (χ3n) is 0.462. The molecule has 0 aliphatic heterocycles. The summed E-state index contributed by atoms with van der Waals surface area (Å²) in [6.45, 7) is 1.69. The second-order valence-corrected chi connectivity index (χ2v) is 2.86. The average Bonchev–Trinajstić information content (AvgIpc) is 1.30. The number of hydrogen-bond acceptors (Lipinski definition) is 2. The van der Waals surface area contributed by atoms with E-state index in [1.807, 2.05) is 0 Å². The van der Waals surface area contributed by atoms with Crippen molar-refractivity contribution < 1.29 is 13.0 Å². The van der Waals surface area contributed by atoms with Crippen molar-refractivity contribution in [3.05, 3.63) is 0 Å². The summed E-state index contributed by atoms with van der Waals surface area (Å²) < 4.78 is 27.6.